The van der Waals surface area contributed by atoms with Crippen molar-refractivity contribution in [2.75, 3.05) is 32.9 Å². The molecule has 2 rings (SSSR count). The van der Waals surface area contributed by atoms with E-state index in [-0.39, 0.29) is 24.4 Å². The Morgan fingerprint density at radius 2 is 1.89 bits per heavy atom. The predicted molar refractivity (Wildman–Crippen MR) is 138 cm³/mol. The molecule has 0 radical (unpaired) electrons. The summed E-state index contributed by atoms with van der Waals surface area (Å²) >= 11 is -1.72. The number of nitrogen functional groups attached to an aromatic ring is 1. The second kappa shape index (κ2) is 12.4. The molecule has 1 aromatic carbocycles. The molecule has 0 saturated carbocycles. The number of hydrogen-bond donors (Lipinski definition) is 3. The van der Waals surface area contributed by atoms with Gasteiger partial charge in [-0.05, 0) is 63.0 Å². The van der Waals surface area contributed by atoms with Gasteiger partial charge in [0.2, 0.25) is 11.8 Å². The van der Waals surface area contributed by atoms with Crippen molar-refractivity contribution in [3.05, 3.63) is 35.9 Å². The maximum absolute atomic E-state index is 13.3. The molecule has 1 aliphatic heterocycles. The highest BCUT2D eigenvalue weighted by atomic mass is 32.2. The van der Waals surface area contributed by atoms with E-state index >= 15 is 0 Å². The summed E-state index contributed by atoms with van der Waals surface area (Å²) in [4.78, 5) is 42.6. The van der Waals surface area contributed by atoms with Crippen LogP contribution in [0.1, 0.15) is 47.0 Å². The Morgan fingerprint density at radius 1 is 1.26 bits per heavy atom. The molecule has 0 bridgehead atoms. The molecule has 1 aliphatic rings. The lowest BCUT2D eigenvalue weighted by atomic mass is 9.85. The third-order valence-electron chi connectivity index (χ3n) is 6.16. The fourth-order valence-electron chi connectivity index (χ4n) is 3.79. The number of amides is 3. The fourth-order valence-corrected chi connectivity index (χ4v) is 4.62. The SMILES string of the molecule is C/C(=C\CN(C)C(=O)C(NC(=O)C1CCCCN1C)C(C)(C)C)C(=O)N[S+]([O-])c1ccc(N)cc1. The van der Waals surface area contributed by atoms with Gasteiger partial charge < -0.3 is 20.5 Å². The summed E-state index contributed by atoms with van der Waals surface area (Å²) in [5, 5.41) is 2.98. The number of likely N-dealkylation sites (N-methyl/N-ethyl adjacent to an activating group) is 2. The summed E-state index contributed by atoms with van der Waals surface area (Å²) < 4.78 is 14.8. The highest BCUT2D eigenvalue weighted by Gasteiger charge is 2.37. The highest BCUT2D eigenvalue weighted by Crippen LogP contribution is 2.23. The Hall–Kier alpha value is -2.56. The van der Waals surface area contributed by atoms with Crippen LogP contribution in [0.5, 0.6) is 0 Å². The van der Waals surface area contributed by atoms with Crippen molar-refractivity contribution in [3.8, 4) is 0 Å². The van der Waals surface area contributed by atoms with Crippen LogP contribution in [-0.2, 0) is 25.7 Å². The summed E-state index contributed by atoms with van der Waals surface area (Å²) in [6.45, 7) is 8.36. The van der Waals surface area contributed by atoms with E-state index < -0.39 is 28.7 Å². The largest absolute Gasteiger partial charge is 0.588 e. The Bertz CT molecular complexity index is 929. The van der Waals surface area contributed by atoms with Crippen LogP contribution in [0.2, 0.25) is 0 Å². The van der Waals surface area contributed by atoms with Crippen LogP contribution in [0.4, 0.5) is 5.69 Å². The molecule has 0 spiro atoms. The van der Waals surface area contributed by atoms with Gasteiger partial charge in [-0.1, -0.05) is 33.3 Å². The molecule has 1 fully saturated rings. The normalized spacial score (nSPS) is 18.9. The van der Waals surface area contributed by atoms with Crippen molar-refractivity contribution < 1.29 is 18.9 Å². The van der Waals surface area contributed by atoms with E-state index in [1.165, 1.54) is 4.90 Å². The van der Waals surface area contributed by atoms with Crippen molar-refractivity contribution in [1.29, 1.82) is 0 Å². The summed E-state index contributed by atoms with van der Waals surface area (Å²) in [5.41, 5.74) is 6.00. The van der Waals surface area contributed by atoms with Crippen LogP contribution in [0.15, 0.2) is 40.8 Å². The Labute approximate surface area is 211 Å². The molecule has 194 valence electrons. The lowest BCUT2D eigenvalue weighted by molar-refractivity contribution is -0.139. The molecule has 35 heavy (non-hydrogen) atoms. The molecule has 0 aromatic heterocycles. The Kier molecular flexibility index (Phi) is 10.2. The number of carbonyl (C=O) groups excluding carboxylic acids is 3. The molecule has 3 unspecified atom stereocenters. The van der Waals surface area contributed by atoms with Gasteiger partial charge in [-0.3, -0.25) is 19.3 Å². The minimum atomic E-state index is -1.72. The molecule has 1 aromatic rings. The number of anilines is 1. The van der Waals surface area contributed by atoms with Crippen molar-refractivity contribution in [3.63, 3.8) is 0 Å². The lowest BCUT2D eigenvalue weighted by Crippen LogP contribution is -2.58. The second-order valence-electron chi connectivity index (χ2n) is 10.2. The predicted octanol–water partition coefficient (Wildman–Crippen LogP) is 1.83. The average Bonchev–Trinajstić information content (AvgIpc) is 2.79. The van der Waals surface area contributed by atoms with Gasteiger partial charge in [-0.2, -0.15) is 4.72 Å². The topological polar surface area (TPSA) is 131 Å². The molecule has 10 heteroatoms. The third kappa shape index (κ3) is 8.26. The van der Waals surface area contributed by atoms with E-state index in [2.05, 4.69) is 10.0 Å². The van der Waals surface area contributed by atoms with Gasteiger partial charge in [0.05, 0.1) is 6.04 Å². The number of nitrogens with one attached hydrogen (secondary N) is 2. The summed E-state index contributed by atoms with van der Waals surface area (Å²) in [6.07, 6.45) is 4.44. The summed E-state index contributed by atoms with van der Waals surface area (Å²) in [6, 6.07) is 5.45. The molecular weight excluding hydrogens is 466 g/mol. The fraction of sp³-hybridized carbons (Fsp3) is 0.560. The van der Waals surface area contributed by atoms with Gasteiger partial charge in [-0.15, -0.1) is 0 Å². The van der Waals surface area contributed by atoms with Crippen molar-refractivity contribution >= 4 is 34.8 Å². The number of hydrogen-bond acceptors (Lipinski definition) is 6. The monoisotopic (exact) mass is 505 g/mol. The number of piperidine rings is 1. The van der Waals surface area contributed by atoms with Crippen LogP contribution in [0.3, 0.4) is 0 Å². The number of likely N-dealkylation sites (tertiary alicyclic amines) is 1. The zero-order chi connectivity index (χ0) is 26.3. The van der Waals surface area contributed by atoms with Crippen molar-refractivity contribution in [2.24, 2.45) is 5.41 Å². The molecule has 4 N–H and O–H groups in total. The molecule has 9 nitrogen and oxygen atoms in total. The van der Waals surface area contributed by atoms with Crippen LogP contribution in [0, 0.1) is 5.41 Å². The first kappa shape index (κ1) is 28.7. The van der Waals surface area contributed by atoms with Gasteiger partial charge in [0.15, 0.2) is 4.90 Å². The zero-order valence-corrected chi connectivity index (χ0v) is 22.4. The van der Waals surface area contributed by atoms with Gasteiger partial charge in [0, 0.05) is 24.9 Å². The van der Waals surface area contributed by atoms with E-state index in [0.29, 0.717) is 16.2 Å². The molecular formula is C25H39N5O4S. The smallest absolute Gasteiger partial charge is 0.287 e. The minimum absolute atomic E-state index is 0.134. The average molecular weight is 506 g/mol. The molecule has 3 amide bonds. The standard InChI is InChI=1S/C25H39N5O4S/c1-17(22(31)28-35(34)19-12-10-18(26)11-13-19)14-16-30(6)24(33)21(25(2,3)4)27-23(32)20-9-7-8-15-29(20)5/h10-14,20-21H,7-9,15-16,26H2,1-6H3,(H,27,32)(H,28,31)/b17-14+. The highest BCUT2D eigenvalue weighted by molar-refractivity contribution is 7.90. The molecule has 0 aliphatic carbocycles. The van der Waals surface area contributed by atoms with E-state index in [1.807, 2.05) is 32.7 Å². The number of nitrogens with zero attached hydrogens (tertiary/aromatic N) is 2. The Balaban J connectivity index is 2.00. The van der Waals surface area contributed by atoms with Crippen molar-refractivity contribution in [2.45, 2.75) is 63.9 Å². The molecule has 1 heterocycles. The quantitative estimate of drug-likeness (QED) is 0.281. The van der Waals surface area contributed by atoms with Gasteiger partial charge in [0.1, 0.15) is 17.4 Å². The number of rotatable bonds is 8. The van der Waals surface area contributed by atoms with Crippen LogP contribution < -0.4 is 15.8 Å². The van der Waals surface area contributed by atoms with Crippen molar-refractivity contribution in [1.82, 2.24) is 19.8 Å². The molecule has 1 saturated heterocycles. The maximum Gasteiger partial charge on any atom is 0.287 e. The first-order valence-electron chi connectivity index (χ1n) is 11.8. The van der Waals surface area contributed by atoms with Crippen LogP contribution in [0.25, 0.3) is 0 Å². The second-order valence-corrected chi connectivity index (χ2v) is 11.4. The number of nitrogens with two attached hydrogens (primary N) is 1. The van der Waals surface area contributed by atoms with Crippen LogP contribution in [-0.4, -0.2) is 71.3 Å². The molecule has 3 atom stereocenters. The maximum atomic E-state index is 13.3. The third-order valence-corrected chi connectivity index (χ3v) is 7.23. The number of benzene rings is 1. The van der Waals surface area contributed by atoms with E-state index in [1.54, 1.807) is 44.3 Å². The van der Waals surface area contributed by atoms with Gasteiger partial charge >= 0.3 is 0 Å². The first-order chi connectivity index (χ1) is 16.3. The van der Waals surface area contributed by atoms with Gasteiger partial charge in [-0.25, -0.2) is 0 Å². The van der Waals surface area contributed by atoms with E-state index in [4.69, 9.17) is 5.73 Å². The van der Waals surface area contributed by atoms with E-state index in [0.717, 1.165) is 25.8 Å². The summed E-state index contributed by atoms with van der Waals surface area (Å²) in [7, 11) is 3.57. The summed E-state index contributed by atoms with van der Waals surface area (Å²) in [5.74, 6) is -0.869. The van der Waals surface area contributed by atoms with Gasteiger partial charge in [0.25, 0.3) is 5.91 Å². The Morgan fingerprint density at radius 3 is 2.46 bits per heavy atom. The van der Waals surface area contributed by atoms with E-state index in [9.17, 15) is 18.9 Å². The number of carbonyl (C=O) groups is 3. The first-order valence-corrected chi connectivity index (χ1v) is 13.0. The lowest BCUT2D eigenvalue weighted by Gasteiger charge is -2.37. The minimum Gasteiger partial charge on any atom is -0.588 e. The van der Waals surface area contributed by atoms with Crippen LogP contribution >= 0.6 is 0 Å². The zero-order valence-electron chi connectivity index (χ0n) is 21.6.